The molecule has 1 saturated heterocycles. The van der Waals surface area contributed by atoms with Crippen molar-refractivity contribution in [2.24, 2.45) is 0 Å². The number of ether oxygens (including phenoxy) is 1. The Morgan fingerprint density at radius 2 is 1.84 bits per heavy atom. The number of aromatic nitrogens is 1. The molecule has 1 amide bonds. The predicted octanol–water partition coefficient (Wildman–Crippen LogP) is 2.92. The van der Waals surface area contributed by atoms with Gasteiger partial charge in [-0.1, -0.05) is 11.6 Å². The van der Waals surface area contributed by atoms with E-state index in [2.05, 4.69) is 14.4 Å². The summed E-state index contributed by atoms with van der Waals surface area (Å²) >= 11 is 5.78. The number of alkyl halides is 3. The molecule has 174 valence electrons. The van der Waals surface area contributed by atoms with Crippen molar-refractivity contribution in [3.05, 3.63) is 51.4 Å². The van der Waals surface area contributed by atoms with Crippen molar-refractivity contribution in [2.75, 3.05) is 13.1 Å². The van der Waals surface area contributed by atoms with E-state index in [4.69, 9.17) is 11.6 Å². The molecule has 0 spiro atoms. The van der Waals surface area contributed by atoms with Crippen LogP contribution in [0.1, 0.15) is 27.2 Å². The molecule has 2 heterocycles. The average molecular weight is 496 g/mol. The van der Waals surface area contributed by atoms with Crippen LogP contribution in [0, 0.1) is 12.7 Å². The highest BCUT2D eigenvalue weighted by Gasteiger charge is 2.41. The van der Waals surface area contributed by atoms with Gasteiger partial charge in [0.15, 0.2) is 0 Å². The molecule has 7 nitrogen and oxygen atoms in total. The van der Waals surface area contributed by atoms with E-state index in [-0.39, 0.29) is 40.8 Å². The molecule has 2 N–H and O–H groups in total. The highest BCUT2D eigenvalue weighted by atomic mass is 35.5. The zero-order chi connectivity index (χ0) is 23.4. The molecular weight excluding hydrogens is 478 g/mol. The van der Waals surface area contributed by atoms with Gasteiger partial charge in [0.25, 0.3) is 15.9 Å². The maximum atomic E-state index is 13.7. The summed E-state index contributed by atoms with van der Waals surface area (Å²) in [6, 6.07) is 3.38. The standard InChI is InChI=1S/C19H18ClF4N3O4S/c1-9-14(18(28)27-7-13(8-27)31-19(22,23)24)6-17(25-9)32(29,30)26-12-2-10-4-15(20)16(21)5-11(10)3-12/h4-6,12-13,25-26H,2-3,7-8H2,1H3/t12-/m0/s1. The van der Waals surface area contributed by atoms with Gasteiger partial charge in [-0.3, -0.25) is 9.53 Å². The Labute approximate surface area is 185 Å². The van der Waals surface area contributed by atoms with Gasteiger partial charge in [-0.2, -0.15) is 0 Å². The summed E-state index contributed by atoms with van der Waals surface area (Å²) in [5.41, 5.74) is 1.71. The lowest BCUT2D eigenvalue weighted by molar-refractivity contribution is -0.352. The number of nitrogens with zero attached hydrogens (tertiary/aromatic N) is 1. The van der Waals surface area contributed by atoms with Gasteiger partial charge in [0.1, 0.15) is 16.9 Å². The first-order valence-corrected chi connectivity index (χ1v) is 11.4. The Hall–Kier alpha value is -2.15. The van der Waals surface area contributed by atoms with Crippen LogP contribution < -0.4 is 4.72 Å². The maximum Gasteiger partial charge on any atom is 0.522 e. The fraction of sp³-hybridized carbons (Fsp3) is 0.421. The lowest BCUT2D eigenvalue weighted by Gasteiger charge is -2.38. The van der Waals surface area contributed by atoms with E-state index in [0.29, 0.717) is 12.0 Å². The molecule has 1 fully saturated rings. The number of benzene rings is 1. The van der Waals surface area contributed by atoms with E-state index in [9.17, 15) is 30.8 Å². The third-order valence-corrected chi connectivity index (χ3v) is 7.17. The Balaban J connectivity index is 1.42. The van der Waals surface area contributed by atoms with E-state index in [1.807, 2.05) is 0 Å². The van der Waals surface area contributed by atoms with Crippen molar-refractivity contribution in [2.45, 2.75) is 43.3 Å². The normalized spacial score (nSPS) is 19.2. The summed E-state index contributed by atoms with van der Waals surface area (Å²) in [6.45, 7) is 0.997. The Morgan fingerprint density at radius 3 is 2.47 bits per heavy atom. The van der Waals surface area contributed by atoms with E-state index in [0.717, 1.165) is 16.5 Å². The number of carbonyl (C=O) groups excluding carboxylic acids is 1. The minimum Gasteiger partial charge on any atom is -0.348 e. The van der Waals surface area contributed by atoms with Crippen LogP contribution in [0.2, 0.25) is 5.02 Å². The van der Waals surface area contributed by atoms with E-state index >= 15 is 0 Å². The smallest absolute Gasteiger partial charge is 0.348 e. The molecule has 1 aliphatic carbocycles. The molecule has 1 atom stereocenters. The van der Waals surface area contributed by atoms with Crippen LogP contribution >= 0.6 is 11.6 Å². The number of likely N-dealkylation sites (tertiary alicyclic amines) is 1. The molecule has 0 bridgehead atoms. The monoisotopic (exact) mass is 495 g/mol. The molecule has 4 rings (SSSR count). The fourth-order valence-electron chi connectivity index (χ4n) is 3.91. The molecule has 1 aliphatic heterocycles. The number of aromatic amines is 1. The number of carbonyl (C=O) groups is 1. The van der Waals surface area contributed by atoms with E-state index < -0.39 is 40.3 Å². The quantitative estimate of drug-likeness (QED) is 0.624. The summed E-state index contributed by atoms with van der Waals surface area (Å²) in [5.74, 6) is -1.17. The molecule has 0 saturated carbocycles. The highest BCUT2D eigenvalue weighted by Crippen LogP contribution is 2.29. The lowest BCUT2D eigenvalue weighted by atomic mass is 10.1. The van der Waals surface area contributed by atoms with Crippen LogP contribution in [0.4, 0.5) is 17.6 Å². The minimum absolute atomic E-state index is 0.0377. The minimum atomic E-state index is -4.78. The first-order chi connectivity index (χ1) is 14.8. The summed E-state index contributed by atoms with van der Waals surface area (Å²) < 4.78 is 82.4. The SMILES string of the molecule is Cc1[nH]c(S(=O)(=O)N[C@@H]2Cc3cc(F)c(Cl)cc3C2)cc1C(=O)N1CC(OC(F)(F)F)C1. The number of fused-ring (bicyclic) bond motifs is 1. The second kappa shape index (κ2) is 8.01. The van der Waals surface area contributed by atoms with Gasteiger partial charge in [-0.15, -0.1) is 13.2 Å². The van der Waals surface area contributed by atoms with Crippen LogP contribution in [0.3, 0.4) is 0 Å². The van der Waals surface area contributed by atoms with E-state index in [1.165, 1.54) is 19.1 Å². The third kappa shape index (κ3) is 4.63. The van der Waals surface area contributed by atoms with Gasteiger partial charge in [0.05, 0.1) is 10.6 Å². The zero-order valence-corrected chi connectivity index (χ0v) is 18.2. The first-order valence-electron chi connectivity index (χ1n) is 9.55. The molecule has 0 radical (unpaired) electrons. The zero-order valence-electron chi connectivity index (χ0n) is 16.6. The van der Waals surface area contributed by atoms with Gasteiger partial charge in [-0.25, -0.2) is 17.5 Å². The van der Waals surface area contributed by atoms with Gasteiger partial charge in [0.2, 0.25) is 0 Å². The number of H-pyrrole nitrogens is 1. The lowest BCUT2D eigenvalue weighted by Crippen LogP contribution is -2.56. The molecule has 0 unspecified atom stereocenters. The Morgan fingerprint density at radius 1 is 1.22 bits per heavy atom. The summed E-state index contributed by atoms with van der Waals surface area (Å²) in [7, 11) is -4.04. The van der Waals surface area contributed by atoms with Gasteiger partial charge < -0.3 is 9.88 Å². The first kappa shape index (κ1) is 23.0. The highest BCUT2D eigenvalue weighted by molar-refractivity contribution is 7.89. The van der Waals surface area contributed by atoms with Crippen LogP contribution in [-0.2, 0) is 27.6 Å². The van der Waals surface area contributed by atoms with Crippen molar-refractivity contribution in [3.63, 3.8) is 0 Å². The number of rotatable bonds is 5. The van der Waals surface area contributed by atoms with Crippen LogP contribution in [-0.4, -0.2) is 55.8 Å². The summed E-state index contributed by atoms with van der Waals surface area (Å²) in [5, 5.41) is -0.286. The van der Waals surface area contributed by atoms with E-state index in [1.54, 1.807) is 0 Å². The second-order valence-corrected chi connectivity index (χ2v) is 9.92. The molecule has 1 aromatic heterocycles. The number of halogens is 5. The van der Waals surface area contributed by atoms with Gasteiger partial charge in [0, 0.05) is 24.8 Å². The van der Waals surface area contributed by atoms with Crippen molar-refractivity contribution >= 4 is 27.5 Å². The fourth-order valence-corrected chi connectivity index (χ4v) is 5.39. The van der Waals surface area contributed by atoms with Crippen molar-refractivity contribution in [3.8, 4) is 0 Å². The molecule has 13 heteroatoms. The predicted molar refractivity (Wildman–Crippen MR) is 105 cm³/mol. The van der Waals surface area contributed by atoms with Crippen LogP contribution in [0.15, 0.2) is 23.2 Å². The number of hydrogen-bond donors (Lipinski definition) is 2. The number of nitrogens with one attached hydrogen (secondary N) is 2. The van der Waals surface area contributed by atoms with Crippen molar-refractivity contribution in [1.82, 2.24) is 14.6 Å². The molecule has 32 heavy (non-hydrogen) atoms. The largest absolute Gasteiger partial charge is 0.522 e. The molecule has 2 aromatic rings. The van der Waals surface area contributed by atoms with Crippen LogP contribution in [0.25, 0.3) is 0 Å². The number of hydrogen-bond acceptors (Lipinski definition) is 4. The molecule has 2 aliphatic rings. The second-order valence-electron chi connectivity index (χ2n) is 7.83. The average Bonchev–Trinajstić information content (AvgIpc) is 3.19. The summed E-state index contributed by atoms with van der Waals surface area (Å²) in [6.07, 6.45) is -5.32. The van der Waals surface area contributed by atoms with Crippen LogP contribution in [0.5, 0.6) is 0 Å². The van der Waals surface area contributed by atoms with Crippen molar-refractivity contribution < 1.29 is 35.5 Å². The maximum absolute atomic E-state index is 13.7. The van der Waals surface area contributed by atoms with Crippen molar-refractivity contribution in [1.29, 1.82) is 0 Å². The summed E-state index contributed by atoms with van der Waals surface area (Å²) in [4.78, 5) is 16.3. The number of aryl methyl sites for hydroxylation is 1. The number of amides is 1. The third-order valence-electron chi connectivity index (χ3n) is 5.44. The topological polar surface area (TPSA) is 91.5 Å². The Kier molecular flexibility index (Phi) is 5.76. The Bertz CT molecular complexity index is 1140. The molecular formula is C19H18ClF4N3O4S. The molecule has 1 aromatic carbocycles. The number of sulfonamides is 1. The van der Waals surface area contributed by atoms with Gasteiger partial charge >= 0.3 is 6.36 Å². The van der Waals surface area contributed by atoms with Gasteiger partial charge in [-0.05, 0) is 49.1 Å².